The van der Waals surface area contributed by atoms with Gasteiger partial charge in [0.05, 0.1) is 6.04 Å². The first-order valence-corrected chi connectivity index (χ1v) is 7.12. The van der Waals surface area contributed by atoms with Gasteiger partial charge in [-0.2, -0.15) is 0 Å². The van der Waals surface area contributed by atoms with Gasteiger partial charge in [0.15, 0.2) is 0 Å². The zero-order valence-electron chi connectivity index (χ0n) is 12.0. The second-order valence-corrected chi connectivity index (χ2v) is 5.68. The monoisotopic (exact) mass is 268 g/mol. The molecule has 0 bridgehead atoms. The largest absolute Gasteiger partial charge is 0.320 e. The van der Waals surface area contributed by atoms with E-state index in [-0.39, 0.29) is 11.6 Å². The van der Waals surface area contributed by atoms with Gasteiger partial charge < -0.3 is 10.3 Å². The minimum atomic E-state index is -0.347. The van der Waals surface area contributed by atoms with E-state index in [1.165, 1.54) is 16.8 Å². The fourth-order valence-electron chi connectivity index (χ4n) is 3.03. The van der Waals surface area contributed by atoms with Crippen LogP contribution in [0.25, 0.3) is 0 Å². The van der Waals surface area contributed by atoms with Crippen LogP contribution in [0.5, 0.6) is 0 Å². The molecule has 3 nitrogen and oxygen atoms in total. The second-order valence-electron chi connectivity index (χ2n) is 5.68. The van der Waals surface area contributed by atoms with Crippen LogP contribution in [-0.2, 0) is 19.9 Å². The van der Waals surface area contributed by atoms with Crippen molar-refractivity contribution in [2.45, 2.75) is 32.2 Å². The van der Waals surface area contributed by atoms with Crippen LogP contribution in [0.4, 0.5) is 0 Å². The predicted octanol–water partition coefficient (Wildman–Crippen LogP) is 2.23. The van der Waals surface area contributed by atoms with Crippen molar-refractivity contribution in [3.63, 3.8) is 0 Å². The third-order valence-corrected chi connectivity index (χ3v) is 4.29. The van der Waals surface area contributed by atoms with Crippen molar-refractivity contribution in [1.82, 2.24) is 4.57 Å². The molecule has 0 aliphatic heterocycles. The van der Waals surface area contributed by atoms with Crippen molar-refractivity contribution < 1.29 is 0 Å². The molecular formula is C17H20N2O. The van der Waals surface area contributed by atoms with E-state index in [0.717, 1.165) is 24.8 Å². The normalized spacial score (nSPS) is 15.2. The van der Waals surface area contributed by atoms with Gasteiger partial charge in [0.1, 0.15) is 0 Å². The molecule has 2 aromatic rings. The number of aromatic nitrogens is 1. The molecule has 3 heteroatoms. The first-order valence-electron chi connectivity index (χ1n) is 7.12. The Bertz CT molecular complexity index is 698. The van der Waals surface area contributed by atoms with E-state index >= 15 is 0 Å². The lowest BCUT2D eigenvalue weighted by Crippen LogP contribution is -2.29. The SMILES string of the molecule is Cc1ccc(C(N)c2cc3c(n(C)c2=O)CCC3)cc1. The van der Waals surface area contributed by atoms with Crippen LogP contribution >= 0.6 is 0 Å². The summed E-state index contributed by atoms with van der Waals surface area (Å²) in [6, 6.07) is 9.76. The topological polar surface area (TPSA) is 48.0 Å². The third kappa shape index (κ3) is 2.08. The fraction of sp³-hybridized carbons (Fsp3) is 0.353. The molecule has 2 N–H and O–H groups in total. The lowest BCUT2D eigenvalue weighted by Gasteiger charge is -2.16. The van der Waals surface area contributed by atoms with Gasteiger partial charge in [0.2, 0.25) is 0 Å². The van der Waals surface area contributed by atoms with Gasteiger partial charge in [0.25, 0.3) is 5.56 Å². The molecule has 0 saturated heterocycles. The molecular weight excluding hydrogens is 248 g/mol. The van der Waals surface area contributed by atoms with Crippen molar-refractivity contribution >= 4 is 0 Å². The Labute approximate surface area is 119 Å². The average molecular weight is 268 g/mol. The predicted molar refractivity (Wildman–Crippen MR) is 80.9 cm³/mol. The van der Waals surface area contributed by atoms with E-state index in [0.29, 0.717) is 5.56 Å². The number of hydrogen-bond donors (Lipinski definition) is 1. The minimum Gasteiger partial charge on any atom is -0.320 e. The quantitative estimate of drug-likeness (QED) is 0.908. The number of benzene rings is 1. The van der Waals surface area contributed by atoms with Crippen molar-refractivity contribution in [3.8, 4) is 0 Å². The van der Waals surface area contributed by atoms with Gasteiger partial charge in [-0.3, -0.25) is 4.79 Å². The maximum Gasteiger partial charge on any atom is 0.255 e. The average Bonchev–Trinajstić information content (AvgIpc) is 2.91. The van der Waals surface area contributed by atoms with E-state index in [2.05, 4.69) is 0 Å². The maximum absolute atomic E-state index is 12.5. The molecule has 1 aliphatic rings. The molecule has 0 saturated carbocycles. The molecule has 1 aromatic carbocycles. The summed E-state index contributed by atoms with van der Waals surface area (Å²) >= 11 is 0. The van der Waals surface area contributed by atoms with E-state index in [4.69, 9.17) is 5.73 Å². The number of rotatable bonds is 2. The molecule has 0 spiro atoms. The highest BCUT2D eigenvalue weighted by Gasteiger charge is 2.20. The molecule has 0 fully saturated rings. The van der Waals surface area contributed by atoms with Crippen LogP contribution in [-0.4, -0.2) is 4.57 Å². The van der Waals surface area contributed by atoms with Gasteiger partial charge in [-0.1, -0.05) is 29.8 Å². The Morgan fingerprint density at radius 3 is 2.60 bits per heavy atom. The van der Waals surface area contributed by atoms with Gasteiger partial charge in [-0.05, 0) is 43.4 Å². The van der Waals surface area contributed by atoms with Crippen molar-refractivity contribution in [2.75, 3.05) is 0 Å². The summed E-state index contributed by atoms with van der Waals surface area (Å²) in [5.74, 6) is 0. The smallest absolute Gasteiger partial charge is 0.255 e. The number of fused-ring (bicyclic) bond motifs is 1. The molecule has 1 atom stereocenters. The second kappa shape index (κ2) is 4.91. The number of hydrogen-bond acceptors (Lipinski definition) is 2. The van der Waals surface area contributed by atoms with Crippen LogP contribution in [0.2, 0.25) is 0 Å². The summed E-state index contributed by atoms with van der Waals surface area (Å²) in [5.41, 5.74) is 11.7. The molecule has 1 heterocycles. The minimum absolute atomic E-state index is 0.0405. The Kier molecular flexibility index (Phi) is 3.22. The summed E-state index contributed by atoms with van der Waals surface area (Å²) < 4.78 is 1.78. The summed E-state index contributed by atoms with van der Waals surface area (Å²) in [7, 11) is 1.86. The summed E-state index contributed by atoms with van der Waals surface area (Å²) in [6.45, 7) is 2.05. The van der Waals surface area contributed by atoms with Crippen LogP contribution in [0.3, 0.4) is 0 Å². The van der Waals surface area contributed by atoms with E-state index in [9.17, 15) is 4.79 Å². The summed E-state index contributed by atoms with van der Waals surface area (Å²) in [4.78, 5) is 12.5. The van der Waals surface area contributed by atoms with E-state index in [1.807, 2.05) is 44.3 Å². The number of nitrogens with zero attached hydrogens (tertiary/aromatic N) is 1. The highest BCUT2D eigenvalue weighted by molar-refractivity contribution is 5.37. The molecule has 1 unspecified atom stereocenters. The standard InChI is InChI=1S/C17H20N2O/c1-11-6-8-12(9-7-11)16(18)14-10-13-4-3-5-15(13)19(2)17(14)20/h6-10,16H,3-5,18H2,1-2H3. The first kappa shape index (κ1) is 13.1. The van der Waals surface area contributed by atoms with E-state index < -0.39 is 0 Å². The summed E-state index contributed by atoms with van der Waals surface area (Å²) in [6.07, 6.45) is 3.18. The fourth-order valence-corrected chi connectivity index (χ4v) is 3.03. The maximum atomic E-state index is 12.5. The van der Waals surface area contributed by atoms with Gasteiger partial charge in [0, 0.05) is 18.3 Å². The van der Waals surface area contributed by atoms with Crippen LogP contribution in [0, 0.1) is 6.92 Å². The Morgan fingerprint density at radius 2 is 1.90 bits per heavy atom. The van der Waals surface area contributed by atoms with Crippen LogP contribution < -0.4 is 11.3 Å². The molecule has 0 amide bonds. The number of aryl methyl sites for hydroxylation is 2. The zero-order valence-corrected chi connectivity index (χ0v) is 12.0. The number of pyridine rings is 1. The molecule has 0 radical (unpaired) electrons. The number of nitrogens with two attached hydrogens (primary N) is 1. The van der Waals surface area contributed by atoms with Gasteiger partial charge in [-0.25, -0.2) is 0 Å². The highest BCUT2D eigenvalue weighted by atomic mass is 16.1. The Morgan fingerprint density at radius 1 is 1.20 bits per heavy atom. The molecule has 1 aromatic heterocycles. The van der Waals surface area contributed by atoms with Gasteiger partial charge in [-0.15, -0.1) is 0 Å². The Hall–Kier alpha value is -1.87. The van der Waals surface area contributed by atoms with Crippen molar-refractivity contribution in [2.24, 2.45) is 12.8 Å². The summed E-state index contributed by atoms with van der Waals surface area (Å²) in [5, 5.41) is 0. The van der Waals surface area contributed by atoms with Crippen LogP contribution in [0.15, 0.2) is 35.1 Å². The molecule has 20 heavy (non-hydrogen) atoms. The van der Waals surface area contributed by atoms with Crippen molar-refractivity contribution in [3.05, 3.63) is 68.6 Å². The Balaban J connectivity index is 2.08. The molecule has 1 aliphatic carbocycles. The molecule has 3 rings (SSSR count). The van der Waals surface area contributed by atoms with Crippen molar-refractivity contribution in [1.29, 1.82) is 0 Å². The van der Waals surface area contributed by atoms with Crippen LogP contribution in [0.1, 0.15) is 40.4 Å². The zero-order chi connectivity index (χ0) is 14.3. The highest BCUT2D eigenvalue weighted by Crippen LogP contribution is 2.24. The lowest BCUT2D eigenvalue weighted by molar-refractivity contribution is 0.743. The lowest BCUT2D eigenvalue weighted by atomic mass is 9.98. The molecule has 104 valence electrons. The third-order valence-electron chi connectivity index (χ3n) is 4.29. The van der Waals surface area contributed by atoms with Gasteiger partial charge >= 0.3 is 0 Å². The first-order chi connectivity index (χ1) is 9.58. The van der Waals surface area contributed by atoms with E-state index in [1.54, 1.807) is 4.57 Å².